The van der Waals surface area contributed by atoms with Crippen molar-refractivity contribution in [2.45, 2.75) is 39.8 Å². The Hall–Kier alpha value is -2.22. The van der Waals surface area contributed by atoms with Gasteiger partial charge in [0.2, 0.25) is 5.88 Å². The molecule has 0 saturated heterocycles. The van der Waals surface area contributed by atoms with Crippen molar-refractivity contribution in [3.8, 4) is 5.88 Å². The number of aryl methyl sites for hydroxylation is 1. The maximum atomic E-state index is 12.3. The molecule has 0 aliphatic rings. The van der Waals surface area contributed by atoms with Crippen LogP contribution < -0.4 is 10.1 Å². The van der Waals surface area contributed by atoms with E-state index in [1.54, 1.807) is 16.8 Å². The molecule has 0 aromatic carbocycles. The first kappa shape index (κ1) is 17.1. The Morgan fingerprint density at radius 2 is 2.22 bits per heavy atom. The van der Waals surface area contributed by atoms with Gasteiger partial charge in [-0.1, -0.05) is 24.9 Å². The molecule has 8 nitrogen and oxygen atoms in total. The van der Waals surface area contributed by atoms with Crippen LogP contribution in [0.3, 0.4) is 0 Å². The number of nitrogens with zero attached hydrogens (tertiary/aromatic N) is 5. The number of tetrazole rings is 1. The monoisotopic (exact) mass is 338 g/mol. The SMILES string of the molecule is CCCCn1nnnc1CNC(=O)c1nc(OCC)ccc1Cl. The van der Waals surface area contributed by atoms with E-state index in [0.29, 0.717) is 24.9 Å². The summed E-state index contributed by atoms with van der Waals surface area (Å²) in [7, 11) is 0. The minimum absolute atomic E-state index is 0.116. The third-order valence-electron chi connectivity index (χ3n) is 3.06. The fourth-order valence-corrected chi connectivity index (χ4v) is 2.08. The number of halogens is 1. The summed E-state index contributed by atoms with van der Waals surface area (Å²) in [5, 5.41) is 14.4. The second kappa shape index (κ2) is 8.42. The number of unbranched alkanes of at least 4 members (excludes halogenated alkanes) is 1. The molecular weight excluding hydrogens is 320 g/mol. The topological polar surface area (TPSA) is 94.8 Å². The maximum Gasteiger partial charge on any atom is 0.271 e. The molecule has 0 fully saturated rings. The Morgan fingerprint density at radius 3 is 2.96 bits per heavy atom. The molecule has 0 radical (unpaired) electrons. The second-order valence-corrected chi connectivity index (χ2v) is 5.17. The van der Waals surface area contributed by atoms with Crippen molar-refractivity contribution >= 4 is 17.5 Å². The molecule has 0 aliphatic carbocycles. The highest BCUT2D eigenvalue weighted by molar-refractivity contribution is 6.33. The highest BCUT2D eigenvalue weighted by Crippen LogP contribution is 2.18. The van der Waals surface area contributed by atoms with Crippen LogP contribution in [0.4, 0.5) is 0 Å². The van der Waals surface area contributed by atoms with Crippen LogP contribution in [0.25, 0.3) is 0 Å². The lowest BCUT2D eigenvalue weighted by atomic mass is 10.3. The first-order valence-corrected chi connectivity index (χ1v) is 7.86. The number of aromatic nitrogens is 5. The van der Waals surface area contributed by atoms with Crippen molar-refractivity contribution in [1.29, 1.82) is 0 Å². The Kier molecular flexibility index (Phi) is 6.28. The number of pyridine rings is 1. The van der Waals surface area contributed by atoms with E-state index in [2.05, 4.69) is 32.7 Å². The van der Waals surface area contributed by atoms with Gasteiger partial charge in [0.1, 0.15) is 0 Å². The first-order valence-electron chi connectivity index (χ1n) is 7.48. The summed E-state index contributed by atoms with van der Waals surface area (Å²) < 4.78 is 6.96. The first-order chi connectivity index (χ1) is 11.2. The van der Waals surface area contributed by atoms with Gasteiger partial charge in [-0.2, -0.15) is 0 Å². The highest BCUT2D eigenvalue weighted by atomic mass is 35.5. The van der Waals surface area contributed by atoms with Crippen LogP contribution >= 0.6 is 11.6 Å². The van der Waals surface area contributed by atoms with Crippen LogP contribution in [-0.2, 0) is 13.1 Å². The Labute approximate surface area is 139 Å². The third-order valence-corrected chi connectivity index (χ3v) is 3.37. The van der Waals surface area contributed by atoms with Gasteiger partial charge < -0.3 is 10.1 Å². The minimum Gasteiger partial charge on any atom is -0.478 e. The molecule has 124 valence electrons. The number of hydrogen-bond acceptors (Lipinski definition) is 6. The van der Waals surface area contributed by atoms with Crippen LogP contribution in [0.15, 0.2) is 12.1 Å². The number of amides is 1. The van der Waals surface area contributed by atoms with Crippen LogP contribution in [0.2, 0.25) is 5.02 Å². The van der Waals surface area contributed by atoms with Gasteiger partial charge in [0.25, 0.3) is 5.91 Å². The fraction of sp³-hybridized carbons (Fsp3) is 0.500. The van der Waals surface area contributed by atoms with Crippen molar-refractivity contribution in [3.63, 3.8) is 0 Å². The fourth-order valence-electron chi connectivity index (χ4n) is 1.89. The molecule has 0 aliphatic heterocycles. The number of hydrogen-bond donors (Lipinski definition) is 1. The number of carbonyl (C=O) groups is 1. The number of ether oxygens (including phenoxy) is 1. The van der Waals surface area contributed by atoms with E-state index >= 15 is 0 Å². The summed E-state index contributed by atoms with van der Waals surface area (Å²) in [5.74, 6) is 0.542. The van der Waals surface area contributed by atoms with Crippen LogP contribution in [0.1, 0.15) is 43.0 Å². The van der Waals surface area contributed by atoms with Crippen LogP contribution in [0, 0.1) is 0 Å². The van der Waals surface area contributed by atoms with Gasteiger partial charge in [-0.15, -0.1) is 5.10 Å². The predicted octanol–water partition coefficient (Wildman–Crippen LogP) is 1.85. The summed E-state index contributed by atoms with van der Waals surface area (Å²) in [5.41, 5.74) is 0.116. The smallest absolute Gasteiger partial charge is 0.271 e. The van der Waals surface area contributed by atoms with E-state index in [0.717, 1.165) is 12.8 Å². The summed E-state index contributed by atoms with van der Waals surface area (Å²) in [6, 6.07) is 3.20. The molecular formula is C14H19ClN6O2. The molecule has 1 N–H and O–H groups in total. The molecule has 0 bridgehead atoms. The van der Waals surface area contributed by atoms with Gasteiger partial charge in [-0.25, -0.2) is 9.67 Å². The molecule has 0 saturated carbocycles. The average molecular weight is 339 g/mol. The number of rotatable bonds is 8. The summed E-state index contributed by atoms with van der Waals surface area (Å²) in [4.78, 5) is 16.4. The summed E-state index contributed by atoms with van der Waals surface area (Å²) in [6.45, 7) is 5.30. The third kappa shape index (κ3) is 4.62. The molecule has 2 rings (SSSR count). The molecule has 2 heterocycles. The van der Waals surface area contributed by atoms with Gasteiger partial charge in [-0.05, 0) is 29.8 Å². The lowest BCUT2D eigenvalue weighted by molar-refractivity contribution is 0.0943. The normalized spacial score (nSPS) is 10.6. The molecule has 0 spiro atoms. The molecule has 0 atom stereocenters. The zero-order valence-electron chi connectivity index (χ0n) is 13.1. The van der Waals surface area contributed by atoms with Gasteiger partial charge in [0.15, 0.2) is 11.5 Å². The molecule has 2 aromatic rings. The molecule has 2 aromatic heterocycles. The molecule has 9 heteroatoms. The van der Waals surface area contributed by atoms with Crippen molar-refractivity contribution in [1.82, 2.24) is 30.5 Å². The molecule has 0 unspecified atom stereocenters. The van der Waals surface area contributed by atoms with Crippen LogP contribution in [0.5, 0.6) is 5.88 Å². The number of carbonyl (C=O) groups excluding carboxylic acids is 1. The molecule has 23 heavy (non-hydrogen) atoms. The largest absolute Gasteiger partial charge is 0.478 e. The van der Waals surface area contributed by atoms with Gasteiger partial charge in [-0.3, -0.25) is 4.79 Å². The Morgan fingerprint density at radius 1 is 1.39 bits per heavy atom. The van der Waals surface area contributed by atoms with E-state index in [4.69, 9.17) is 16.3 Å². The van der Waals surface area contributed by atoms with Crippen molar-refractivity contribution in [3.05, 3.63) is 28.7 Å². The summed E-state index contributed by atoms with van der Waals surface area (Å²) in [6.07, 6.45) is 2.01. The van der Waals surface area contributed by atoms with Crippen LogP contribution in [-0.4, -0.2) is 37.7 Å². The maximum absolute atomic E-state index is 12.3. The van der Waals surface area contributed by atoms with E-state index < -0.39 is 5.91 Å². The lowest BCUT2D eigenvalue weighted by Crippen LogP contribution is -2.26. The van der Waals surface area contributed by atoms with E-state index in [9.17, 15) is 4.79 Å². The average Bonchev–Trinajstić information content (AvgIpc) is 3.00. The number of nitrogens with one attached hydrogen (secondary N) is 1. The van der Waals surface area contributed by atoms with Gasteiger partial charge in [0, 0.05) is 12.6 Å². The van der Waals surface area contributed by atoms with Gasteiger partial charge in [0.05, 0.1) is 18.2 Å². The van der Waals surface area contributed by atoms with Crippen molar-refractivity contribution < 1.29 is 9.53 Å². The molecule has 1 amide bonds. The van der Waals surface area contributed by atoms with E-state index in [-0.39, 0.29) is 17.3 Å². The van der Waals surface area contributed by atoms with Crippen molar-refractivity contribution in [2.24, 2.45) is 0 Å². The van der Waals surface area contributed by atoms with E-state index in [1.807, 2.05) is 6.92 Å². The summed E-state index contributed by atoms with van der Waals surface area (Å²) >= 11 is 6.03. The lowest BCUT2D eigenvalue weighted by Gasteiger charge is -2.08. The zero-order chi connectivity index (χ0) is 16.7. The Bertz CT molecular complexity index is 660. The standard InChI is InChI=1S/C14H19ClN6O2/c1-3-5-8-21-11(18-19-20-21)9-16-14(22)13-10(15)6-7-12(17-13)23-4-2/h6-7H,3-5,8-9H2,1-2H3,(H,16,22). The van der Waals surface area contributed by atoms with Crippen molar-refractivity contribution in [2.75, 3.05) is 6.61 Å². The van der Waals surface area contributed by atoms with E-state index in [1.165, 1.54) is 0 Å². The quantitative estimate of drug-likeness (QED) is 0.789. The highest BCUT2D eigenvalue weighted by Gasteiger charge is 2.15. The zero-order valence-corrected chi connectivity index (χ0v) is 13.9. The minimum atomic E-state index is -0.401. The second-order valence-electron chi connectivity index (χ2n) is 4.77. The van der Waals surface area contributed by atoms with Gasteiger partial charge >= 0.3 is 0 Å². The predicted molar refractivity (Wildman–Crippen MR) is 84.3 cm³/mol. The Balaban J connectivity index is 2.02.